The van der Waals surface area contributed by atoms with Crippen molar-refractivity contribution in [3.05, 3.63) is 71.3 Å². The first kappa shape index (κ1) is 23.5. The summed E-state index contributed by atoms with van der Waals surface area (Å²) in [6.45, 7) is 2.14. The number of aliphatic carboxylic acids is 2. The van der Waals surface area contributed by atoms with E-state index in [2.05, 4.69) is 6.92 Å². The first-order valence-corrected chi connectivity index (χ1v) is 9.08. The van der Waals surface area contributed by atoms with E-state index in [4.69, 9.17) is 0 Å². The maximum Gasteiger partial charge on any atom is 0.307 e. The Kier molecular flexibility index (Phi) is 10.5. The van der Waals surface area contributed by atoms with Crippen LogP contribution in [0, 0.1) is 11.8 Å². The summed E-state index contributed by atoms with van der Waals surface area (Å²) < 4.78 is 0. The summed E-state index contributed by atoms with van der Waals surface area (Å²) in [7, 11) is 0. The first-order chi connectivity index (χ1) is 12.5. The van der Waals surface area contributed by atoms with E-state index < -0.39 is 23.8 Å². The molecule has 1 radical (unpaired) electrons. The number of hydrogen-bond donors (Lipinski definition) is 2. The van der Waals surface area contributed by atoms with Crippen LogP contribution in [-0.2, 0) is 61.6 Å². The third kappa shape index (κ3) is 7.55. The molecule has 2 aromatic rings. The molecule has 0 amide bonds. The SMILES string of the molecule is CCCCc1ccc(C[C@H](C(=O)O)[C@H](Cc2ccccc2)C(=O)O)cc1.[Y]. The summed E-state index contributed by atoms with van der Waals surface area (Å²) in [5.41, 5.74) is 2.92. The second-order valence-electron chi connectivity index (χ2n) is 6.70. The molecular weight excluding hydrogens is 417 g/mol. The van der Waals surface area contributed by atoms with Gasteiger partial charge in [-0.05, 0) is 42.4 Å². The molecule has 0 saturated heterocycles. The largest absolute Gasteiger partial charge is 0.481 e. The summed E-state index contributed by atoms with van der Waals surface area (Å²) in [4.78, 5) is 23.5. The van der Waals surface area contributed by atoms with Gasteiger partial charge in [0.2, 0.25) is 0 Å². The fourth-order valence-corrected chi connectivity index (χ4v) is 3.15. The maximum atomic E-state index is 11.8. The maximum absolute atomic E-state index is 11.8. The predicted molar refractivity (Wildman–Crippen MR) is 101 cm³/mol. The normalized spacial score (nSPS) is 12.6. The molecule has 2 aromatic carbocycles. The molecule has 2 atom stereocenters. The van der Waals surface area contributed by atoms with Crippen molar-refractivity contribution >= 4 is 11.9 Å². The number of unbranched alkanes of at least 4 members (excludes halogenated alkanes) is 1. The molecule has 4 nitrogen and oxygen atoms in total. The van der Waals surface area contributed by atoms with Gasteiger partial charge in [-0.2, -0.15) is 0 Å². The average molecular weight is 443 g/mol. The number of carboxylic acids is 2. The molecule has 141 valence electrons. The van der Waals surface area contributed by atoms with Crippen LogP contribution in [0.2, 0.25) is 0 Å². The molecule has 0 fully saturated rings. The first-order valence-electron chi connectivity index (χ1n) is 9.08. The van der Waals surface area contributed by atoms with Crippen molar-refractivity contribution in [1.29, 1.82) is 0 Å². The van der Waals surface area contributed by atoms with Crippen LogP contribution in [0.25, 0.3) is 0 Å². The van der Waals surface area contributed by atoms with Crippen LogP contribution in [0.1, 0.15) is 36.5 Å². The molecule has 2 N–H and O–H groups in total. The van der Waals surface area contributed by atoms with Crippen molar-refractivity contribution in [3.63, 3.8) is 0 Å². The molecule has 0 aliphatic carbocycles. The Bertz CT molecular complexity index is 713. The van der Waals surface area contributed by atoms with Gasteiger partial charge in [0, 0.05) is 32.7 Å². The molecule has 0 bridgehead atoms. The Labute approximate surface area is 185 Å². The van der Waals surface area contributed by atoms with Crippen LogP contribution in [0.4, 0.5) is 0 Å². The monoisotopic (exact) mass is 443 g/mol. The second kappa shape index (κ2) is 12.0. The molecule has 0 aliphatic rings. The van der Waals surface area contributed by atoms with E-state index >= 15 is 0 Å². The summed E-state index contributed by atoms with van der Waals surface area (Å²) in [5, 5.41) is 19.2. The standard InChI is InChI=1S/C22H26O4.Y/c1-2-3-7-16-10-12-18(13-11-16)15-20(22(25)26)19(21(23)24)14-17-8-5-4-6-9-17;/h4-6,8-13,19-20H,2-3,7,14-15H2,1H3,(H,23,24)(H,25,26);/t19-,20-;/m0./s1. The van der Waals surface area contributed by atoms with Crippen molar-refractivity contribution < 1.29 is 52.5 Å². The molecule has 0 aromatic heterocycles. The van der Waals surface area contributed by atoms with Gasteiger partial charge in [0.15, 0.2) is 0 Å². The van der Waals surface area contributed by atoms with Gasteiger partial charge in [0.25, 0.3) is 0 Å². The zero-order chi connectivity index (χ0) is 18.9. The Hall–Kier alpha value is -1.52. The van der Waals surface area contributed by atoms with Gasteiger partial charge in [-0.3, -0.25) is 9.59 Å². The number of aryl methyl sites for hydroxylation is 1. The third-order valence-corrected chi connectivity index (χ3v) is 4.72. The van der Waals surface area contributed by atoms with Gasteiger partial charge in [-0.15, -0.1) is 0 Å². The van der Waals surface area contributed by atoms with Crippen LogP contribution in [0.15, 0.2) is 54.6 Å². The van der Waals surface area contributed by atoms with E-state index in [1.807, 2.05) is 54.6 Å². The van der Waals surface area contributed by atoms with Crippen LogP contribution in [0.3, 0.4) is 0 Å². The molecule has 27 heavy (non-hydrogen) atoms. The van der Waals surface area contributed by atoms with Crippen molar-refractivity contribution in [1.82, 2.24) is 0 Å². The van der Waals surface area contributed by atoms with Gasteiger partial charge in [-0.1, -0.05) is 67.9 Å². The molecule has 5 heteroatoms. The van der Waals surface area contributed by atoms with E-state index in [1.54, 1.807) is 0 Å². The van der Waals surface area contributed by atoms with Crippen molar-refractivity contribution in [3.8, 4) is 0 Å². The van der Waals surface area contributed by atoms with Crippen LogP contribution >= 0.6 is 0 Å². The topological polar surface area (TPSA) is 74.6 Å². The Morgan fingerprint density at radius 1 is 0.778 bits per heavy atom. The minimum absolute atomic E-state index is 0. The molecule has 2 rings (SSSR count). The summed E-state index contributed by atoms with van der Waals surface area (Å²) in [6, 6.07) is 17.0. The molecular formula is C22H26O4Y. The smallest absolute Gasteiger partial charge is 0.307 e. The summed E-state index contributed by atoms with van der Waals surface area (Å²) >= 11 is 0. The number of carboxylic acid groups (broad SMARTS) is 2. The van der Waals surface area contributed by atoms with Crippen molar-refractivity contribution in [2.24, 2.45) is 11.8 Å². The number of rotatable bonds is 10. The van der Waals surface area contributed by atoms with E-state index in [-0.39, 0.29) is 45.6 Å². The fraction of sp³-hybridized carbons (Fsp3) is 0.364. The van der Waals surface area contributed by atoms with E-state index in [9.17, 15) is 19.8 Å². The number of benzene rings is 2. The van der Waals surface area contributed by atoms with Crippen molar-refractivity contribution in [2.75, 3.05) is 0 Å². The zero-order valence-electron chi connectivity index (χ0n) is 15.7. The van der Waals surface area contributed by atoms with Crippen LogP contribution in [-0.4, -0.2) is 22.2 Å². The van der Waals surface area contributed by atoms with Crippen LogP contribution < -0.4 is 0 Å². The Morgan fingerprint density at radius 3 is 1.67 bits per heavy atom. The van der Waals surface area contributed by atoms with E-state index in [1.165, 1.54) is 5.56 Å². The Balaban J connectivity index is 0.00000364. The molecule has 0 heterocycles. The number of hydrogen-bond acceptors (Lipinski definition) is 2. The minimum atomic E-state index is -1.07. The predicted octanol–water partition coefficient (Wildman–Crippen LogP) is 4.21. The summed E-state index contributed by atoms with van der Waals surface area (Å²) in [6.07, 6.45) is 3.68. The molecule has 0 spiro atoms. The minimum Gasteiger partial charge on any atom is -0.481 e. The fourth-order valence-electron chi connectivity index (χ4n) is 3.15. The van der Waals surface area contributed by atoms with Gasteiger partial charge in [0.1, 0.15) is 0 Å². The molecule has 0 unspecified atom stereocenters. The Morgan fingerprint density at radius 2 is 1.22 bits per heavy atom. The second-order valence-corrected chi connectivity index (χ2v) is 6.70. The van der Waals surface area contributed by atoms with Crippen LogP contribution in [0.5, 0.6) is 0 Å². The molecule has 0 saturated carbocycles. The van der Waals surface area contributed by atoms with Gasteiger partial charge < -0.3 is 10.2 Å². The van der Waals surface area contributed by atoms with Gasteiger partial charge >= 0.3 is 11.9 Å². The number of carbonyl (C=O) groups is 2. The third-order valence-electron chi connectivity index (χ3n) is 4.72. The van der Waals surface area contributed by atoms with E-state index in [0.29, 0.717) is 0 Å². The van der Waals surface area contributed by atoms with Crippen molar-refractivity contribution in [2.45, 2.75) is 39.0 Å². The van der Waals surface area contributed by atoms with Gasteiger partial charge in [0.05, 0.1) is 11.8 Å². The summed E-state index contributed by atoms with van der Waals surface area (Å²) in [5.74, 6) is -4.06. The average Bonchev–Trinajstić information content (AvgIpc) is 2.64. The van der Waals surface area contributed by atoms with E-state index in [0.717, 1.165) is 30.4 Å². The quantitative estimate of drug-likeness (QED) is 0.577. The molecule has 0 aliphatic heterocycles. The van der Waals surface area contributed by atoms with Gasteiger partial charge in [-0.25, -0.2) is 0 Å². The zero-order valence-corrected chi connectivity index (χ0v) is 18.5.